The lowest BCUT2D eigenvalue weighted by Gasteiger charge is -2.16. The molecule has 1 aromatic heterocycles. The number of rotatable bonds is 1. The van der Waals surface area contributed by atoms with E-state index in [0.29, 0.717) is 11.1 Å². The molecule has 0 bridgehead atoms. The number of Topliss-reactive ketones (excluding diaryl/α,β-unsaturated/α-hetero) is 1. The minimum Gasteiger partial charge on any atom is -0.422 e. The van der Waals surface area contributed by atoms with Gasteiger partial charge in [-0.05, 0) is 30.3 Å². The zero-order chi connectivity index (χ0) is 16.7. The number of fused-ring (bicyclic) bond motifs is 2. The highest BCUT2D eigenvalue weighted by Gasteiger charge is 2.30. The average molecular weight is 336 g/mol. The van der Waals surface area contributed by atoms with Crippen LogP contribution in [0.25, 0.3) is 17.0 Å². The van der Waals surface area contributed by atoms with Gasteiger partial charge in [0.15, 0.2) is 0 Å². The number of nitrogens with zero attached hydrogens (tertiary/aromatic N) is 1. The van der Waals surface area contributed by atoms with Crippen molar-refractivity contribution in [3.05, 3.63) is 76.5 Å². The number of halogens is 1. The number of hydrogen-bond donors (Lipinski definition) is 0. The maximum Gasteiger partial charge on any atom is 0.347 e. The molecule has 4 nitrogen and oxygen atoms in total. The fourth-order valence-electron chi connectivity index (χ4n) is 2.63. The second-order valence-corrected chi connectivity index (χ2v) is 5.69. The van der Waals surface area contributed by atoms with Gasteiger partial charge in [-0.3, -0.25) is 4.79 Å². The highest BCUT2D eigenvalue weighted by Crippen LogP contribution is 2.30. The van der Waals surface area contributed by atoms with Crippen molar-refractivity contribution in [3.63, 3.8) is 0 Å². The van der Waals surface area contributed by atoms with Crippen LogP contribution in [0.5, 0.6) is 5.75 Å². The first-order valence-corrected chi connectivity index (χ1v) is 7.64. The molecule has 0 saturated carbocycles. The van der Waals surface area contributed by atoms with Gasteiger partial charge in [0.25, 0.3) is 0 Å². The lowest BCUT2D eigenvalue weighted by Crippen LogP contribution is -2.24. The van der Waals surface area contributed by atoms with Gasteiger partial charge in [0.2, 0.25) is 5.78 Å². The number of benzene rings is 2. The zero-order valence-electron chi connectivity index (χ0n) is 12.3. The van der Waals surface area contributed by atoms with Gasteiger partial charge < -0.3 is 4.74 Å². The van der Waals surface area contributed by atoms with Crippen molar-refractivity contribution in [2.45, 2.75) is 0 Å². The van der Waals surface area contributed by atoms with Crippen molar-refractivity contribution in [2.75, 3.05) is 0 Å². The van der Waals surface area contributed by atoms with E-state index in [2.05, 4.69) is 4.98 Å². The van der Waals surface area contributed by atoms with Crippen LogP contribution in [-0.4, -0.2) is 16.7 Å². The maximum absolute atomic E-state index is 12.6. The Balaban J connectivity index is 1.85. The Morgan fingerprint density at radius 3 is 2.62 bits per heavy atom. The highest BCUT2D eigenvalue weighted by atomic mass is 35.5. The molecule has 0 fully saturated rings. The van der Waals surface area contributed by atoms with E-state index in [1.54, 1.807) is 30.3 Å². The summed E-state index contributed by atoms with van der Waals surface area (Å²) >= 11 is 6.20. The Kier molecular flexibility index (Phi) is 3.40. The van der Waals surface area contributed by atoms with Gasteiger partial charge in [0, 0.05) is 10.9 Å². The van der Waals surface area contributed by atoms with Crippen LogP contribution in [0.15, 0.2) is 60.2 Å². The fourth-order valence-corrected chi connectivity index (χ4v) is 2.83. The Hall–Kier alpha value is -2.98. The van der Waals surface area contributed by atoms with Gasteiger partial charge in [-0.1, -0.05) is 41.9 Å². The molecule has 2 heterocycles. The van der Waals surface area contributed by atoms with Crippen LogP contribution in [0, 0.1) is 0 Å². The number of para-hydroxylation sites is 2. The van der Waals surface area contributed by atoms with Crippen LogP contribution in [-0.2, 0) is 4.79 Å². The zero-order valence-corrected chi connectivity index (χ0v) is 13.1. The number of ether oxygens (including phenoxy) is 1. The molecule has 1 aliphatic rings. The molecule has 5 heteroatoms. The number of esters is 1. The molecule has 0 aliphatic carbocycles. The molecule has 116 valence electrons. The molecule has 0 radical (unpaired) electrons. The standard InChI is InChI=1S/C19H10ClNO3/c20-18-12(9-11-5-1-3-7-15(11)21-18)10-14-17(22)13-6-2-4-8-16(13)24-19(14)23/h1-10H/b14-10+. The quantitative estimate of drug-likeness (QED) is 0.221. The third-order valence-electron chi connectivity index (χ3n) is 3.80. The number of hydrogen-bond acceptors (Lipinski definition) is 4. The predicted molar refractivity (Wildman–Crippen MR) is 91.1 cm³/mol. The molecule has 4 rings (SSSR count). The molecule has 0 unspecified atom stereocenters. The maximum atomic E-state index is 12.6. The normalized spacial score (nSPS) is 15.5. The van der Waals surface area contributed by atoms with E-state index in [1.807, 2.05) is 24.3 Å². The van der Waals surface area contributed by atoms with E-state index in [0.717, 1.165) is 10.9 Å². The van der Waals surface area contributed by atoms with Crippen molar-refractivity contribution < 1.29 is 14.3 Å². The van der Waals surface area contributed by atoms with Crippen molar-refractivity contribution in [3.8, 4) is 5.75 Å². The summed E-state index contributed by atoms with van der Waals surface area (Å²) in [5, 5.41) is 1.09. The van der Waals surface area contributed by atoms with Gasteiger partial charge in [-0.25, -0.2) is 9.78 Å². The molecule has 3 aromatic rings. The van der Waals surface area contributed by atoms with E-state index in [9.17, 15) is 9.59 Å². The number of aromatic nitrogens is 1. The van der Waals surface area contributed by atoms with Gasteiger partial charge in [-0.2, -0.15) is 0 Å². The van der Waals surface area contributed by atoms with E-state index >= 15 is 0 Å². The third kappa shape index (κ3) is 2.37. The summed E-state index contributed by atoms with van der Waals surface area (Å²) in [7, 11) is 0. The molecule has 0 spiro atoms. The molecule has 0 amide bonds. The summed E-state index contributed by atoms with van der Waals surface area (Å²) in [5.74, 6) is -0.804. The van der Waals surface area contributed by atoms with Crippen LogP contribution in [0.4, 0.5) is 0 Å². The first kappa shape index (κ1) is 14.6. The molecule has 0 saturated heterocycles. The average Bonchev–Trinajstić information content (AvgIpc) is 2.59. The lowest BCUT2D eigenvalue weighted by molar-refractivity contribution is -0.130. The van der Waals surface area contributed by atoms with Crippen LogP contribution in [0.3, 0.4) is 0 Å². The molecule has 1 aliphatic heterocycles. The lowest BCUT2D eigenvalue weighted by atomic mass is 9.98. The summed E-state index contributed by atoms with van der Waals surface area (Å²) in [5.41, 5.74) is 1.53. The van der Waals surface area contributed by atoms with E-state index in [-0.39, 0.29) is 22.3 Å². The monoisotopic (exact) mass is 335 g/mol. The van der Waals surface area contributed by atoms with Gasteiger partial charge in [-0.15, -0.1) is 0 Å². The molecule has 0 atom stereocenters. The second kappa shape index (κ2) is 5.58. The summed E-state index contributed by atoms with van der Waals surface area (Å²) in [6.07, 6.45) is 1.43. The van der Waals surface area contributed by atoms with Crippen molar-refractivity contribution in [1.82, 2.24) is 4.98 Å². The first-order chi connectivity index (χ1) is 11.6. The second-order valence-electron chi connectivity index (χ2n) is 5.33. The first-order valence-electron chi connectivity index (χ1n) is 7.26. The number of carbonyl (C=O) groups excluding carboxylic acids is 2. The van der Waals surface area contributed by atoms with Gasteiger partial charge in [0.1, 0.15) is 16.5 Å². The summed E-state index contributed by atoms with van der Waals surface area (Å²) in [6, 6.07) is 15.9. The minimum absolute atomic E-state index is 0.0623. The Labute approximate surface area is 142 Å². The predicted octanol–water partition coefficient (Wildman–Crippen LogP) is 4.07. The van der Waals surface area contributed by atoms with E-state index in [4.69, 9.17) is 16.3 Å². The molecule has 0 N–H and O–H groups in total. The van der Waals surface area contributed by atoms with Crippen LogP contribution in [0.1, 0.15) is 15.9 Å². The van der Waals surface area contributed by atoms with Gasteiger partial charge in [0.05, 0.1) is 11.1 Å². The smallest absolute Gasteiger partial charge is 0.347 e. The minimum atomic E-state index is -0.692. The van der Waals surface area contributed by atoms with Crippen LogP contribution >= 0.6 is 11.6 Å². The van der Waals surface area contributed by atoms with Crippen LogP contribution < -0.4 is 4.74 Å². The van der Waals surface area contributed by atoms with E-state index < -0.39 is 5.97 Å². The summed E-state index contributed by atoms with van der Waals surface area (Å²) < 4.78 is 5.22. The Morgan fingerprint density at radius 2 is 1.75 bits per heavy atom. The van der Waals surface area contributed by atoms with Gasteiger partial charge >= 0.3 is 5.97 Å². The summed E-state index contributed by atoms with van der Waals surface area (Å²) in [6.45, 7) is 0. The van der Waals surface area contributed by atoms with Crippen LogP contribution in [0.2, 0.25) is 5.15 Å². The molecular weight excluding hydrogens is 326 g/mol. The van der Waals surface area contributed by atoms with Crippen molar-refractivity contribution in [1.29, 1.82) is 0 Å². The molecule has 2 aromatic carbocycles. The van der Waals surface area contributed by atoms with E-state index in [1.165, 1.54) is 6.08 Å². The number of ketones is 1. The topological polar surface area (TPSA) is 56.3 Å². The Morgan fingerprint density at radius 1 is 1.00 bits per heavy atom. The highest BCUT2D eigenvalue weighted by molar-refractivity contribution is 6.33. The summed E-state index contributed by atoms with van der Waals surface area (Å²) in [4.78, 5) is 29.0. The third-order valence-corrected chi connectivity index (χ3v) is 4.11. The van der Waals surface area contributed by atoms with Crippen molar-refractivity contribution in [2.24, 2.45) is 0 Å². The number of carbonyl (C=O) groups is 2. The Bertz CT molecular complexity index is 1040. The molecular formula is C19H10ClNO3. The largest absolute Gasteiger partial charge is 0.422 e. The molecule has 24 heavy (non-hydrogen) atoms. The van der Waals surface area contributed by atoms with Crippen molar-refractivity contribution >= 4 is 40.3 Å². The fraction of sp³-hybridized carbons (Fsp3) is 0. The SMILES string of the molecule is O=C1Oc2ccccc2C(=O)/C1=C\c1cc2ccccc2nc1Cl. The number of pyridine rings is 1.